The van der Waals surface area contributed by atoms with Crippen LogP contribution in [0, 0.1) is 0 Å². The molecular weight excluding hydrogens is 156 g/mol. The van der Waals surface area contributed by atoms with E-state index in [-0.39, 0.29) is 5.91 Å². The van der Waals surface area contributed by atoms with Gasteiger partial charge in [0.25, 0.3) is 5.91 Å². The van der Waals surface area contributed by atoms with Gasteiger partial charge in [0.15, 0.2) is 6.10 Å². The molecule has 0 aliphatic carbocycles. The molecular formula is C8H14N2O2. The molecule has 4 nitrogen and oxygen atoms in total. The number of nitrogens with zero attached hydrogens (tertiary/aromatic N) is 1. The Balaban J connectivity index is 2.44. The highest BCUT2D eigenvalue weighted by Crippen LogP contribution is 1.97. The molecule has 1 rings (SSSR count). The summed E-state index contributed by atoms with van der Waals surface area (Å²) < 4.78 is 0. The van der Waals surface area contributed by atoms with Crippen LogP contribution in [-0.2, 0) is 4.79 Å². The van der Waals surface area contributed by atoms with Crippen molar-refractivity contribution in [1.82, 2.24) is 10.2 Å². The zero-order valence-corrected chi connectivity index (χ0v) is 6.99. The van der Waals surface area contributed by atoms with Gasteiger partial charge in [-0.3, -0.25) is 4.79 Å². The van der Waals surface area contributed by atoms with Crippen LogP contribution in [0.2, 0.25) is 0 Å². The molecule has 1 heterocycles. The molecule has 1 atom stereocenters. The minimum absolute atomic E-state index is 0.244. The predicted octanol–water partition coefficient (Wildman–Crippen LogP) is -1.03. The number of hydrogen-bond acceptors (Lipinski definition) is 3. The quantitative estimate of drug-likeness (QED) is 0.521. The average molecular weight is 170 g/mol. The molecule has 1 aliphatic heterocycles. The highest BCUT2D eigenvalue weighted by atomic mass is 16.3. The van der Waals surface area contributed by atoms with E-state index in [1.165, 1.54) is 6.08 Å². The summed E-state index contributed by atoms with van der Waals surface area (Å²) in [4.78, 5) is 12.9. The number of hydrogen-bond donors (Lipinski definition) is 2. The van der Waals surface area contributed by atoms with E-state index in [0.29, 0.717) is 13.1 Å². The van der Waals surface area contributed by atoms with E-state index in [2.05, 4.69) is 11.9 Å². The van der Waals surface area contributed by atoms with Gasteiger partial charge in [0, 0.05) is 26.2 Å². The zero-order valence-electron chi connectivity index (χ0n) is 6.99. The highest BCUT2D eigenvalue weighted by Gasteiger charge is 2.20. The number of piperazine rings is 1. The first-order chi connectivity index (χ1) is 5.75. The second-order valence-electron chi connectivity index (χ2n) is 2.76. The molecule has 4 heteroatoms. The molecule has 1 amide bonds. The third-order valence-electron chi connectivity index (χ3n) is 1.90. The van der Waals surface area contributed by atoms with Crippen LogP contribution in [0.25, 0.3) is 0 Å². The Kier molecular flexibility index (Phi) is 3.25. The number of aliphatic hydroxyl groups excluding tert-OH is 1. The van der Waals surface area contributed by atoms with Gasteiger partial charge in [0.2, 0.25) is 0 Å². The van der Waals surface area contributed by atoms with Gasteiger partial charge in [-0.2, -0.15) is 0 Å². The summed E-state index contributed by atoms with van der Waals surface area (Å²) in [6, 6.07) is 0. The number of nitrogens with one attached hydrogen (secondary N) is 1. The fourth-order valence-electron chi connectivity index (χ4n) is 1.17. The molecule has 0 saturated carbocycles. The maximum atomic E-state index is 11.3. The molecule has 1 fully saturated rings. The standard InChI is InChI=1S/C8H14N2O2/c1-2-7(11)8(12)10-5-3-9-4-6-10/h2,7,9,11H,1,3-6H2. The normalized spacial score (nSPS) is 20.2. The summed E-state index contributed by atoms with van der Waals surface area (Å²) in [5.41, 5.74) is 0. The molecule has 0 spiro atoms. The van der Waals surface area contributed by atoms with E-state index in [4.69, 9.17) is 5.11 Å². The summed E-state index contributed by atoms with van der Waals surface area (Å²) in [5, 5.41) is 12.3. The van der Waals surface area contributed by atoms with Crippen molar-refractivity contribution in [3.8, 4) is 0 Å². The summed E-state index contributed by atoms with van der Waals surface area (Å²) >= 11 is 0. The van der Waals surface area contributed by atoms with Crippen molar-refractivity contribution >= 4 is 5.91 Å². The lowest BCUT2D eigenvalue weighted by atomic mass is 10.2. The molecule has 0 radical (unpaired) electrons. The minimum Gasteiger partial charge on any atom is -0.379 e. The van der Waals surface area contributed by atoms with Crippen LogP contribution in [0.4, 0.5) is 0 Å². The van der Waals surface area contributed by atoms with Crippen LogP contribution in [-0.4, -0.2) is 48.2 Å². The first kappa shape index (κ1) is 9.22. The molecule has 1 saturated heterocycles. The highest BCUT2D eigenvalue weighted by molar-refractivity contribution is 5.82. The fourth-order valence-corrected chi connectivity index (χ4v) is 1.17. The Bertz CT molecular complexity index is 176. The van der Waals surface area contributed by atoms with E-state index in [0.717, 1.165) is 13.1 Å². The Labute approximate surface area is 71.9 Å². The van der Waals surface area contributed by atoms with Crippen molar-refractivity contribution < 1.29 is 9.90 Å². The van der Waals surface area contributed by atoms with Crippen molar-refractivity contribution in [3.63, 3.8) is 0 Å². The minimum atomic E-state index is -1.04. The zero-order chi connectivity index (χ0) is 8.97. The van der Waals surface area contributed by atoms with Gasteiger partial charge < -0.3 is 15.3 Å². The van der Waals surface area contributed by atoms with E-state index in [9.17, 15) is 4.79 Å². The Morgan fingerprint density at radius 2 is 2.17 bits per heavy atom. The summed E-state index contributed by atoms with van der Waals surface area (Å²) in [6.07, 6.45) is 0.216. The second-order valence-corrected chi connectivity index (χ2v) is 2.76. The van der Waals surface area contributed by atoms with E-state index >= 15 is 0 Å². The topological polar surface area (TPSA) is 52.6 Å². The average Bonchev–Trinajstić information content (AvgIpc) is 2.17. The molecule has 68 valence electrons. The molecule has 0 aromatic rings. The van der Waals surface area contributed by atoms with Gasteiger partial charge in [0.1, 0.15) is 0 Å². The first-order valence-electron chi connectivity index (χ1n) is 4.06. The second kappa shape index (κ2) is 4.23. The smallest absolute Gasteiger partial charge is 0.255 e. The van der Waals surface area contributed by atoms with Crippen molar-refractivity contribution in [2.24, 2.45) is 0 Å². The molecule has 0 aromatic heterocycles. The molecule has 1 unspecified atom stereocenters. The molecule has 0 aromatic carbocycles. The monoisotopic (exact) mass is 170 g/mol. The lowest BCUT2D eigenvalue weighted by molar-refractivity contribution is -0.138. The van der Waals surface area contributed by atoms with Crippen molar-refractivity contribution in [1.29, 1.82) is 0 Å². The van der Waals surface area contributed by atoms with Crippen LogP contribution in [0.3, 0.4) is 0 Å². The Morgan fingerprint density at radius 1 is 1.58 bits per heavy atom. The number of carbonyl (C=O) groups excluding carboxylic acids is 1. The van der Waals surface area contributed by atoms with E-state index in [1.807, 2.05) is 0 Å². The summed E-state index contributed by atoms with van der Waals surface area (Å²) in [6.45, 7) is 6.31. The van der Waals surface area contributed by atoms with E-state index in [1.54, 1.807) is 4.90 Å². The van der Waals surface area contributed by atoms with Crippen LogP contribution >= 0.6 is 0 Å². The van der Waals surface area contributed by atoms with Crippen LogP contribution in [0.1, 0.15) is 0 Å². The van der Waals surface area contributed by atoms with Gasteiger partial charge in [-0.25, -0.2) is 0 Å². The lowest BCUT2D eigenvalue weighted by Gasteiger charge is -2.28. The third-order valence-corrected chi connectivity index (χ3v) is 1.90. The lowest BCUT2D eigenvalue weighted by Crippen LogP contribution is -2.49. The van der Waals surface area contributed by atoms with Gasteiger partial charge in [0.05, 0.1) is 0 Å². The predicted molar refractivity (Wildman–Crippen MR) is 45.7 cm³/mol. The van der Waals surface area contributed by atoms with Crippen molar-refractivity contribution in [2.75, 3.05) is 26.2 Å². The maximum absolute atomic E-state index is 11.3. The molecule has 0 bridgehead atoms. The van der Waals surface area contributed by atoms with Crippen LogP contribution < -0.4 is 5.32 Å². The van der Waals surface area contributed by atoms with E-state index < -0.39 is 6.10 Å². The number of carbonyl (C=O) groups is 1. The summed E-state index contributed by atoms with van der Waals surface area (Å²) in [5.74, 6) is -0.244. The third kappa shape index (κ3) is 2.06. The maximum Gasteiger partial charge on any atom is 0.255 e. The number of amides is 1. The first-order valence-corrected chi connectivity index (χ1v) is 4.06. The van der Waals surface area contributed by atoms with Crippen LogP contribution in [0.5, 0.6) is 0 Å². The van der Waals surface area contributed by atoms with Gasteiger partial charge in [-0.15, -0.1) is 0 Å². The van der Waals surface area contributed by atoms with Crippen LogP contribution in [0.15, 0.2) is 12.7 Å². The Hall–Kier alpha value is -0.870. The van der Waals surface area contributed by atoms with Gasteiger partial charge in [-0.05, 0) is 0 Å². The Morgan fingerprint density at radius 3 is 2.67 bits per heavy atom. The van der Waals surface area contributed by atoms with Gasteiger partial charge >= 0.3 is 0 Å². The summed E-state index contributed by atoms with van der Waals surface area (Å²) in [7, 11) is 0. The largest absolute Gasteiger partial charge is 0.379 e. The molecule has 1 aliphatic rings. The number of rotatable bonds is 2. The van der Waals surface area contributed by atoms with Crippen molar-refractivity contribution in [3.05, 3.63) is 12.7 Å². The van der Waals surface area contributed by atoms with Gasteiger partial charge in [-0.1, -0.05) is 12.7 Å². The van der Waals surface area contributed by atoms with Crippen molar-refractivity contribution in [2.45, 2.75) is 6.10 Å². The SMILES string of the molecule is C=CC(O)C(=O)N1CCNCC1. The molecule has 12 heavy (non-hydrogen) atoms. The fraction of sp³-hybridized carbons (Fsp3) is 0.625. The molecule has 2 N–H and O–H groups in total. The number of aliphatic hydroxyl groups is 1.